The smallest absolute Gasteiger partial charge is 0.726 e. The Bertz CT molecular complexity index is 556. The van der Waals surface area contributed by atoms with Crippen LogP contribution in [0.1, 0.15) is 71.1 Å². The molecule has 0 saturated carbocycles. The van der Waals surface area contributed by atoms with E-state index < -0.39 is 10.4 Å². The summed E-state index contributed by atoms with van der Waals surface area (Å²) in [6, 6.07) is 0. The van der Waals surface area contributed by atoms with Crippen LogP contribution in [-0.4, -0.2) is 112 Å². The fraction of sp³-hybridized carbons (Fsp3) is 1.00. The summed E-state index contributed by atoms with van der Waals surface area (Å²) >= 11 is 0. The summed E-state index contributed by atoms with van der Waals surface area (Å²) in [5.41, 5.74) is 0. The standard InChI is InChI=1S/C26H54O11S.Na/c1-2-3-4-5-6-7-8-9-10-11-12-30-13-14-31-15-16-32-17-18-33-19-20-34-21-22-35-23-24-36-25-26-37-38(27,28)29;/h2-26H2,1H3,(H,27,28,29);/q;+1/p-1. The Morgan fingerprint density at radius 2 is 0.667 bits per heavy atom. The molecule has 11 nitrogen and oxygen atoms in total. The molecule has 0 aromatic carbocycles. The summed E-state index contributed by atoms with van der Waals surface area (Å²) in [5, 5.41) is 0. The van der Waals surface area contributed by atoms with Crippen molar-refractivity contribution in [2.75, 3.05) is 99.1 Å². The second kappa shape index (κ2) is 34.8. The topological polar surface area (TPSA) is 131 Å². The van der Waals surface area contributed by atoms with Crippen molar-refractivity contribution < 1.29 is 79.9 Å². The van der Waals surface area contributed by atoms with E-state index in [9.17, 15) is 13.0 Å². The molecule has 0 saturated heterocycles. The van der Waals surface area contributed by atoms with Gasteiger partial charge in [-0.3, -0.25) is 4.18 Å². The van der Waals surface area contributed by atoms with E-state index in [1.165, 1.54) is 57.8 Å². The van der Waals surface area contributed by atoms with Gasteiger partial charge in [-0.1, -0.05) is 64.7 Å². The summed E-state index contributed by atoms with van der Waals surface area (Å²) in [6.07, 6.45) is 13.3. The van der Waals surface area contributed by atoms with Crippen LogP contribution in [0.2, 0.25) is 0 Å². The first-order valence-electron chi connectivity index (χ1n) is 14.2. The van der Waals surface area contributed by atoms with Crippen LogP contribution in [0.4, 0.5) is 0 Å². The summed E-state index contributed by atoms with van der Waals surface area (Å²) < 4.78 is 72.3. The summed E-state index contributed by atoms with van der Waals surface area (Å²) in [5.74, 6) is 0. The summed E-state index contributed by atoms with van der Waals surface area (Å²) in [6.45, 7) is 8.45. The van der Waals surface area contributed by atoms with Crippen LogP contribution in [0.15, 0.2) is 0 Å². The predicted molar refractivity (Wildman–Crippen MR) is 143 cm³/mol. The molecule has 0 heterocycles. The van der Waals surface area contributed by atoms with Crippen LogP contribution in [0, 0.1) is 0 Å². The van der Waals surface area contributed by atoms with E-state index in [0.717, 1.165) is 13.0 Å². The van der Waals surface area contributed by atoms with Gasteiger partial charge in [0.1, 0.15) is 0 Å². The first-order valence-corrected chi connectivity index (χ1v) is 15.5. The van der Waals surface area contributed by atoms with E-state index in [-0.39, 0.29) is 49.4 Å². The molecule has 13 heteroatoms. The molecule has 0 aromatic heterocycles. The van der Waals surface area contributed by atoms with Gasteiger partial charge in [0.25, 0.3) is 0 Å². The first-order chi connectivity index (χ1) is 18.6. The van der Waals surface area contributed by atoms with Crippen molar-refractivity contribution in [3.63, 3.8) is 0 Å². The molecule has 0 fully saturated rings. The molecule has 0 aliphatic heterocycles. The van der Waals surface area contributed by atoms with Crippen LogP contribution in [-0.2, 0) is 47.7 Å². The maximum Gasteiger partial charge on any atom is 1.00 e. The minimum atomic E-state index is -4.66. The molecular weight excluding hydrogens is 543 g/mol. The van der Waals surface area contributed by atoms with Gasteiger partial charge in [0.15, 0.2) is 0 Å². The van der Waals surface area contributed by atoms with Crippen molar-refractivity contribution in [2.24, 2.45) is 0 Å². The van der Waals surface area contributed by atoms with Gasteiger partial charge in [-0.05, 0) is 6.42 Å². The molecule has 0 unspecified atom stereocenters. The van der Waals surface area contributed by atoms with Crippen molar-refractivity contribution in [3.05, 3.63) is 0 Å². The Labute approximate surface area is 259 Å². The Morgan fingerprint density at radius 1 is 0.410 bits per heavy atom. The van der Waals surface area contributed by atoms with Gasteiger partial charge in [-0.15, -0.1) is 0 Å². The molecule has 0 amide bonds. The van der Waals surface area contributed by atoms with Crippen LogP contribution in [0.5, 0.6) is 0 Å². The van der Waals surface area contributed by atoms with E-state index >= 15 is 0 Å². The fourth-order valence-electron chi connectivity index (χ4n) is 3.31. The van der Waals surface area contributed by atoms with Crippen LogP contribution < -0.4 is 29.6 Å². The molecule has 0 aromatic rings. The molecule has 230 valence electrons. The second-order valence-corrected chi connectivity index (χ2v) is 9.75. The van der Waals surface area contributed by atoms with Crippen molar-refractivity contribution in [1.82, 2.24) is 0 Å². The first kappa shape index (κ1) is 41.7. The number of ether oxygens (including phenoxy) is 7. The van der Waals surface area contributed by atoms with Crippen molar-refractivity contribution in [3.8, 4) is 0 Å². The zero-order valence-corrected chi connectivity index (χ0v) is 27.4. The van der Waals surface area contributed by atoms with Crippen molar-refractivity contribution in [2.45, 2.75) is 71.1 Å². The Morgan fingerprint density at radius 3 is 0.974 bits per heavy atom. The maximum absolute atomic E-state index is 10.2. The van der Waals surface area contributed by atoms with Gasteiger partial charge >= 0.3 is 29.6 Å². The number of hydrogen-bond acceptors (Lipinski definition) is 11. The Hall–Kier alpha value is 0.590. The summed E-state index contributed by atoms with van der Waals surface area (Å²) in [4.78, 5) is 0. The molecule has 0 rings (SSSR count). The average molecular weight is 597 g/mol. The molecular formula is C26H53NaO11S. The number of unbranched alkanes of at least 4 members (excludes halogenated alkanes) is 9. The molecule has 0 aliphatic rings. The van der Waals surface area contributed by atoms with Gasteiger partial charge in [0, 0.05) is 6.61 Å². The maximum atomic E-state index is 10.2. The van der Waals surface area contributed by atoms with Crippen LogP contribution in [0.3, 0.4) is 0 Å². The van der Waals surface area contributed by atoms with E-state index in [2.05, 4.69) is 11.1 Å². The molecule has 0 spiro atoms. The van der Waals surface area contributed by atoms with Gasteiger partial charge in [0.05, 0.1) is 92.5 Å². The van der Waals surface area contributed by atoms with Crippen LogP contribution in [0.25, 0.3) is 0 Å². The molecule has 39 heavy (non-hydrogen) atoms. The van der Waals surface area contributed by atoms with Crippen LogP contribution >= 0.6 is 0 Å². The third kappa shape index (κ3) is 40.8. The minimum absolute atomic E-state index is 0. The molecule has 0 radical (unpaired) electrons. The molecule has 0 aliphatic carbocycles. The summed E-state index contributed by atoms with van der Waals surface area (Å²) in [7, 11) is -4.66. The third-order valence-electron chi connectivity index (χ3n) is 5.33. The Balaban J connectivity index is 0. The molecule has 0 atom stereocenters. The second-order valence-electron chi connectivity index (χ2n) is 8.70. The zero-order chi connectivity index (χ0) is 27.8. The van der Waals surface area contributed by atoms with E-state index in [1.54, 1.807) is 0 Å². The van der Waals surface area contributed by atoms with Gasteiger partial charge in [-0.2, -0.15) is 0 Å². The molecule has 0 bridgehead atoms. The van der Waals surface area contributed by atoms with E-state index in [0.29, 0.717) is 72.7 Å². The normalized spacial score (nSPS) is 11.6. The largest absolute Gasteiger partial charge is 1.00 e. The Kier molecular flexibility index (Phi) is 37.2. The van der Waals surface area contributed by atoms with Crippen molar-refractivity contribution in [1.29, 1.82) is 0 Å². The zero-order valence-electron chi connectivity index (χ0n) is 24.6. The monoisotopic (exact) mass is 596 g/mol. The SMILES string of the molecule is CCCCCCCCCCCCOCCOCCOCCOCCOCCOCCOCCOS(=O)(=O)[O-].[Na+]. The number of hydrogen-bond donors (Lipinski definition) is 0. The van der Waals surface area contributed by atoms with Gasteiger partial charge in [0.2, 0.25) is 10.4 Å². The minimum Gasteiger partial charge on any atom is -0.726 e. The fourth-order valence-corrected chi connectivity index (χ4v) is 3.58. The van der Waals surface area contributed by atoms with Gasteiger partial charge < -0.3 is 37.7 Å². The number of rotatable bonds is 33. The van der Waals surface area contributed by atoms with E-state index in [1.807, 2.05) is 0 Å². The predicted octanol–water partition coefficient (Wildman–Crippen LogP) is 0.504. The average Bonchev–Trinajstić information content (AvgIpc) is 2.88. The van der Waals surface area contributed by atoms with E-state index in [4.69, 9.17) is 33.2 Å². The molecule has 0 N–H and O–H groups in total. The third-order valence-corrected chi connectivity index (χ3v) is 5.78. The van der Waals surface area contributed by atoms with Gasteiger partial charge in [-0.25, -0.2) is 8.42 Å². The van der Waals surface area contributed by atoms with Crippen molar-refractivity contribution >= 4 is 10.4 Å². The quantitative estimate of drug-likeness (QED) is 0.0454.